The van der Waals surface area contributed by atoms with E-state index in [1.807, 2.05) is 13.8 Å². The van der Waals surface area contributed by atoms with Gasteiger partial charge in [-0.2, -0.15) is 0 Å². The topological polar surface area (TPSA) is 29.3 Å². The second-order valence-corrected chi connectivity index (χ2v) is 4.08. The van der Waals surface area contributed by atoms with Crippen LogP contribution in [-0.2, 0) is 0 Å². The van der Waals surface area contributed by atoms with Gasteiger partial charge in [0, 0.05) is 18.8 Å². The van der Waals surface area contributed by atoms with E-state index in [-0.39, 0.29) is 17.4 Å². The van der Waals surface area contributed by atoms with E-state index in [0.29, 0.717) is 0 Å². The number of nitrogens with two attached hydrogens (primary N) is 1. The van der Waals surface area contributed by atoms with E-state index in [2.05, 4.69) is 0 Å². The summed E-state index contributed by atoms with van der Waals surface area (Å²) in [7, 11) is 1.69. The van der Waals surface area contributed by atoms with Crippen LogP contribution >= 0.6 is 0 Å². The maximum Gasteiger partial charge on any atom is 0.151 e. The van der Waals surface area contributed by atoms with Gasteiger partial charge in [0.2, 0.25) is 0 Å². The van der Waals surface area contributed by atoms with E-state index in [1.165, 1.54) is 0 Å². The first-order valence-corrected chi connectivity index (χ1v) is 5.44. The van der Waals surface area contributed by atoms with Gasteiger partial charge in [0.15, 0.2) is 11.6 Å². The number of halogens is 2. The molecular weight excluding hydrogens is 210 g/mol. The summed E-state index contributed by atoms with van der Waals surface area (Å²) >= 11 is 0. The third-order valence-electron chi connectivity index (χ3n) is 2.76. The minimum atomic E-state index is -0.608. The fraction of sp³-hybridized carbons (Fsp3) is 0.500. The van der Waals surface area contributed by atoms with Crippen molar-refractivity contribution in [3.8, 4) is 0 Å². The number of rotatable bonds is 4. The highest BCUT2D eigenvalue weighted by molar-refractivity contribution is 5.55. The first-order valence-electron chi connectivity index (χ1n) is 5.44. The summed E-state index contributed by atoms with van der Waals surface area (Å²) in [5.41, 5.74) is 5.47. The Morgan fingerprint density at radius 1 is 1.31 bits per heavy atom. The van der Waals surface area contributed by atoms with Crippen molar-refractivity contribution in [2.75, 3.05) is 17.7 Å². The van der Waals surface area contributed by atoms with Crippen molar-refractivity contribution >= 4 is 11.4 Å². The molecule has 0 fully saturated rings. The minimum absolute atomic E-state index is 0.00449. The van der Waals surface area contributed by atoms with Gasteiger partial charge >= 0.3 is 0 Å². The second-order valence-electron chi connectivity index (χ2n) is 4.08. The Kier molecular flexibility index (Phi) is 4.10. The van der Waals surface area contributed by atoms with Gasteiger partial charge in [-0.25, -0.2) is 8.78 Å². The van der Waals surface area contributed by atoms with Gasteiger partial charge in [-0.05, 0) is 25.5 Å². The molecule has 0 aliphatic heterocycles. The zero-order chi connectivity index (χ0) is 12.3. The first kappa shape index (κ1) is 12.7. The van der Waals surface area contributed by atoms with Crippen LogP contribution < -0.4 is 10.6 Å². The van der Waals surface area contributed by atoms with E-state index >= 15 is 0 Å². The van der Waals surface area contributed by atoms with Crippen molar-refractivity contribution in [2.24, 2.45) is 0 Å². The third-order valence-corrected chi connectivity index (χ3v) is 2.76. The maximum atomic E-state index is 13.6. The normalized spacial score (nSPS) is 12.6. The van der Waals surface area contributed by atoms with Crippen LogP contribution in [0.1, 0.15) is 26.7 Å². The molecule has 1 unspecified atom stereocenters. The molecule has 4 heteroatoms. The zero-order valence-electron chi connectivity index (χ0n) is 9.93. The Balaban J connectivity index is 3.03. The summed E-state index contributed by atoms with van der Waals surface area (Å²) in [6, 6.07) is 2.39. The van der Waals surface area contributed by atoms with Crippen molar-refractivity contribution in [3.63, 3.8) is 0 Å². The molecule has 0 aliphatic carbocycles. The number of anilines is 2. The Morgan fingerprint density at radius 3 is 2.25 bits per heavy atom. The molecule has 0 aromatic heterocycles. The van der Waals surface area contributed by atoms with Crippen molar-refractivity contribution in [3.05, 3.63) is 23.8 Å². The van der Waals surface area contributed by atoms with E-state index < -0.39 is 11.6 Å². The molecule has 90 valence electrons. The molecular formula is C12H18F2N2. The molecule has 2 nitrogen and oxygen atoms in total. The van der Waals surface area contributed by atoms with Gasteiger partial charge in [-0.3, -0.25) is 0 Å². The fourth-order valence-electron chi connectivity index (χ4n) is 1.75. The molecule has 2 N–H and O–H groups in total. The molecule has 0 spiro atoms. The predicted octanol–water partition coefficient (Wildman–Crippen LogP) is 3.17. The second kappa shape index (κ2) is 5.14. The maximum absolute atomic E-state index is 13.6. The number of hydrogen-bond acceptors (Lipinski definition) is 2. The molecule has 0 saturated heterocycles. The smallest absolute Gasteiger partial charge is 0.151 e. The minimum Gasteiger partial charge on any atom is -0.399 e. The molecule has 1 aromatic rings. The molecule has 1 atom stereocenters. The van der Waals surface area contributed by atoms with Crippen molar-refractivity contribution in [1.29, 1.82) is 0 Å². The number of nitrogen functional groups attached to an aromatic ring is 1. The van der Waals surface area contributed by atoms with Crippen LogP contribution in [0.2, 0.25) is 0 Å². The van der Waals surface area contributed by atoms with E-state index in [0.717, 1.165) is 25.0 Å². The number of hydrogen-bond donors (Lipinski definition) is 1. The molecule has 1 rings (SSSR count). The summed E-state index contributed by atoms with van der Waals surface area (Å²) in [5, 5.41) is 0. The molecule has 16 heavy (non-hydrogen) atoms. The van der Waals surface area contributed by atoms with Crippen molar-refractivity contribution in [2.45, 2.75) is 32.7 Å². The van der Waals surface area contributed by atoms with Crippen LogP contribution in [-0.4, -0.2) is 13.1 Å². The summed E-state index contributed by atoms with van der Waals surface area (Å²) in [5.74, 6) is -1.22. The van der Waals surface area contributed by atoms with E-state index in [4.69, 9.17) is 5.73 Å². The molecule has 0 bridgehead atoms. The Morgan fingerprint density at radius 2 is 1.81 bits per heavy atom. The predicted molar refractivity (Wildman–Crippen MR) is 63.5 cm³/mol. The van der Waals surface area contributed by atoms with Gasteiger partial charge in [0.05, 0.1) is 0 Å². The van der Waals surface area contributed by atoms with Crippen LogP contribution in [0.25, 0.3) is 0 Å². The van der Waals surface area contributed by atoms with Crippen molar-refractivity contribution < 1.29 is 8.78 Å². The lowest BCUT2D eigenvalue weighted by Crippen LogP contribution is -2.30. The van der Waals surface area contributed by atoms with Gasteiger partial charge < -0.3 is 10.6 Å². The number of nitrogens with zero attached hydrogens (tertiary/aromatic N) is 1. The van der Waals surface area contributed by atoms with Gasteiger partial charge in [-0.15, -0.1) is 0 Å². The average Bonchev–Trinajstić information content (AvgIpc) is 2.16. The van der Waals surface area contributed by atoms with E-state index in [1.54, 1.807) is 11.9 Å². The van der Waals surface area contributed by atoms with Crippen LogP contribution in [0.15, 0.2) is 12.1 Å². The monoisotopic (exact) mass is 228 g/mol. The summed E-state index contributed by atoms with van der Waals surface area (Å²) in [4.78, 5) is 1.62. The van der Waals surface area contributed by atoms with Crippen LogP contribution in [0.4, 0.5) is 20.2 Å². The molecule has 0 aliphatic rings. The molecule has 0 amide bonds. The lowest BCUT2D eigenvalue weighted by molar-refractivity contribution is 0.548. The summed E-state index contributed by atoms with van der Waals surface area (Å²) < 4.78 is 27.2. The fourth-order valence-corrected chi connectivity index (χ4v) is 1.75. The summed E-state index contributed by atoms with van der Waals surface area (Å²) in [6.07, 6.45) is 1.86. The van der Waals surface area contributed by atoms with Crippen LogP contribution in [0.5, 0.6) is 0 Å². The van der Waals surface area contributed by atoms with Gasteiger partial charge in [0.25, 0.3) is 0 Å². The third kappa shape index (κ3) is 2.62. The van der Waals surface area contributed by atoms with Crippen LogP contribution in [0, 0.1) is 11.6 Å². The van der Waals surface area contributed by atoms with Crippen LogP contribution in [0.3, 0.4) is 0 Å². The molecule has 0 heterocycles. The molecule has 1 aromatic carbocycles. The van der Waals surface area contributed by atoms with Gasteiger partial charge in [-0.1, -0.05) is 13.3 Å². The highest BCUT2D eigenvalue weighted by atomic mass is 19.1. The van der Waals surface area contributed by atoms with Gasteiger partial charge in [0.1, 0.15) is 5.69 Å². The number of benzene rings is 1. The lowest BCUT2D eigenvalue weighted by atomic mass is 10.1. The average molecular weight is 228 g/mol. The molecule has 0 radical (unpaired) electrons. The first-order chi connectivity index (χ1) is 7.47. The SMILES string of the molecule is CCCC(C)N(C)c1c(F)cc(N)cc1F. The Labute approximate surface area is 95.1 Å². The quantitative estimate of drug-likeness (QED) is 0.802. The Bertz CT molecular complexity index is 343. The zero-order valence-corrected chi connectivity index (χ0v) is 9.93. The van der Waals surface area contributed by atoms with Crippen molar-refractivity contribution in [1.82, 2.24) is 0 Å². The summed E-state index contributed by atoms with van der Waals surface area (Å²) in [6.45, 7) is 3.98. The largest absolute Gasteiger partial charge is 0.399 e. The standard InChI is InChI=1S/C12H18F2N2/c1-4-5-8(2)16(3)12-10(13)6-9(15)7-11(12)14/h6-8H,4-5,15H2,1-3H3. The highest BCUT2D eigenvalue weighted by Crippen LogP contribution is 2.27. The van der Waals surface area contributed by atoms with E-state index in [9.17, 15) is 8.78 Å². The Hall–Kier alpha value is -1.32. The highest BCUT2D eigenvalue weighted by Gasteiger charge is 2.18. The molecule has 0 saturated carbocycles. The lowest BCUT2D eigenvalue weighted by Gasteiger charge is -2.27.